The number of nitrogens with one attached hydrogen (secondary N) is 2. The predicted octanol–water partition coefficient (Wildman–Crippen LogP) is 4.67. The van der Waals surface area contributed by atoms with E-state index in [4.69, 9.17) is 4.74 Å². The molecule has 0 bridgehead atoms. The van der Waals surface area contributed by atoms with E-state index in [0.717, 1.165) is 0 Å². The number of carbonyl (C=O) groups excluding carboxylic acids is 1. The molecule has 2 N–H and O–H groups in total. The maximum atomic E-state index is 13.5. The van der Waals surface area contributed by atoms with E-state index in [-0.39, 0.29) is 17.0 Å². The van der Waals surface area contributed by atoms with Crippen LogP contribution in [0.3, 0.4) is 0 Å². The summed E-state index contributed by atoms with van der Waals surface area (Å²) in [5, 5.41) is 18.3. The molecule has 182 valence electrons. The number of methoxy groups -OCH3 is 1. The molecule has 10 nitrogen and oxygen atoms in total. The number of ether oxygens (including phenoxy) is 1. The van der Waals surface area contributed by atoms with E-state index in [1.54, 1.807) is 62.6 Å². The first-order valence-electron chi connectivity index (χ1n) is 10.6. The van der Waals surface area contributed by atoms with Crippen LogP contribution in [0.2, 0.25) is 0 Å². The van der Waals surface area contributed by atoms with Crippen LogP contribution in [0.4, 0.5) is 5.69 Å². The third-order valence-corrected chi connectivity index (χ3v) is 6.08. The van der Waals surface area contributed by atoms with Gasteiger partial charge in [0.25, 0.3) is 17.2 Å². The van der Waals surface area contributed by atoms with Gasteiger partial charge in [0.15, 0.2) is 0 Å². The Morgan fingerprint density at radius 1 is 1.08 bits per heavy atom. The first kappa shape index (κ1) is 24.6. The second kappa shape index (κ2) is 10.4. The van der Waals surface area contributed by atoms with Crippen LogP contribution < -0.4 is 15.7 Å². The molecule has 0 saturated carbocycles. The molecule has 0 radical (unpaired) electrons. The molecule has 0 fully saturated rings. The van der Waals surface area contributed by atoms with Gasteiger partial charge in [0.1, 0.15) is 5.75 Å². The van der Waals surface area contributed by atoms with Crippen molar-refractivity contribution < 1.29 is 14.5 Å². The van der Waals surface area contributed by atoms with E-state index in [2.05, 4.69) is 31.6 Å². The summed E-state index contributed by atoms with van der Waals surface area (Å²) < 4.78 is 7.10. The lowest BCUT2D eigenvalue weighted by Gasteiger charge is -2.06. The zero-order chi connectivity index (χ0) is 25.8. The van der Waals surface area contributed by atoms with E-state index in [9.17, 15) is 19.7 Å². The van der Waals surface area contributed by atoms with E-state index in [1.807, 2.05) is 0 Å². The van der Waals surface area contributed by atoms with Crippen molar-refractivity contribution in [3.05, 3.63) is 109 Å². The molecule has 36 heavy (non-hydrogen) atoms. The molecule has 4 rings (SSSR count). The second-order valence-electron chi connectivity index (χ2n) is 7.62. The van der Waals surface area contributed by atoms with Gasteiger partial charge < -0.3 is 4.74 Å². The normalized spacial score (nSPS) is 11.2. The maximum Gasteiger partial charge on any atom is 0.281 e. The van der Waals surface area contributed by atoms with Crippen LogP contribution in [-0.4, -0.2) is 33.4 Å². The minimum absolute atomic E-state index is 0.0958. The maximum absolute atomic E-state index is 13.5. The van der Waals surface area contributed by atoms with Gasteiger partial charge in [-0.1, -0.05) is 12.1 Å². The zero-order valence-electron chi connectivity index (χ0n) is 19.2. The Bertz CT molecular complexity index is 1520. The Labute approximate surface area is 213 Å². The summed E-state index contributed by atoms with van der Waals surface area (Å²) in [5.74, 6) is 0.197. The Kier molecular flexibility index (Phi) is 7.11. The molecule has 0 aliphatic rings. The summed E-state index contributed by atoms with van der Waals surface area (Å²) in [4.78, 5) is 36.6. The lowest BCUT2D eigenvalue weighted by atomic mass is 10.1. The largest absolute Gasteiger partial charge is 0.497 e. The standard InChI is InChI=1S/C25H20BrN5O5/c1-15(27-28-24(32)20-5-3-4-6-21(20)26)22-23(16-7-13-19(36-2)14-8-16)29-30(25(22)33)17-9-11-18(12-10-17)31(34)35/h3-14,29H,1-2H3,(H,28,32). The van der Waals surface area contributed by atoms with Crippen molar-refractivity contribution in [3.8, 4) is 22.7 Å². The van der Waals surface area contributed by atoms with Crippen molar-refractivity contribution in [3.63, 3.8) is 0 Å². The van der Waals surface area contributed by atoms with Crippen molar-refractivity contribution in [1.82, 2.24) is 15.2 Å². The lowest BCUT2D eigenvalue weighted by molar-refractivity contribution is -0.384. The van der Waals surface area contributed by atoms with Gasteiger partial charge in [-0.2, -0.15) is 5.10 Å². The fraction of sp³-hybridized carbons (Fsp3) is 0.0800. The number of hydrogen-bond acceptors (Lipinski definition) is 6. The van der Waals surface area contributed by atoms with Crippen LogP contribution in [-0.2, 0) is 0 Å². The number of H-pyrrole nitrogens is 1. The SMILES string of the molecule is COc1ccc(-c2[nH]n(-c3ccc([N+](=O)[O-])cc3)c(=O)c2C(C)=NNC(=O)c2ccccc2Br)cc1. The number of hydrazone groups is 1. The number of non-ortho nitro benzene ring substituents is 1. The summed E-state index contributed by atoms with van der Waals surface area (Å²) in [6.45, 7) is 1.61. The smallest absolute Gasteiger partial charge is 0.281 e. The Balaban J connectivity index is 1.78. The number of carbonyl (C=O) groups is 1. The lowest BCUT2D eigenvalue weighted by Crippen LogP contribution is -2.23. The van der Waals surface area contributed by atoms with Crippen LogP contribution in [0.15, 0.2) is 87.2 Å². The topological polar surface area (TPSA) is 132 Å². The molecule has 0 atom stereocenters. The summed E-state index contributed by atoms with van der Waals surface area (Å²) in [7, 11) is 1.55. The highest BCUT2D eigenvalue weighted by atomic mass is 79.9. The molecule has 0 unspecified atom stereocenters. The van der Waals surface area contributed by atoms with Crippen LogP contribution in [0, 0.1) is 10.1 Å². The molecule has 3 aromatic carbocycles. The number of halogens is 1. The van der Waals surface area contributed by atoms with Crippen LogP contribution in [0.1, 0.15) is 22.8 Å². The van der Waals surface area contributed by atoms with Gasteiger partial charge in [0.05, 0.1) is 40.3 Å². The van der Waals surface area contributed by atoms with E-state index < -0.39 is 16.4 Å². The van der Waals surface area contributed by atoms with Crippen molar-refractivity contribution >= 4 is 33.2 Å². The van der Waals surface area contributed by atoms with Gasteiger partial charge in [-0.25, -0.2) is 10.1 Å². The fourth-order valence-electron chi connectivity index (χ4n) is 3.54. The van der Waals surface area contributed by atoms with Gasteiger partial charge in [-0.15, -0.1) is 0 Å². The molecular formula is C25H20BrN5O5. The van der Waals surface area contributed by atoms with Crippen LogP contribution in [0.25, 0.3) is 16.9 Å². The quantitative estimate of drug-likeness (QED) is 0.196. The van der Waals surface area contributed by atoms with Crippen molar-refractivity contribution in [2.75, 3.05) is 7.11 Å². The highest BCUT2D eigenvalue weighted by Gasteiger charge is 2.20. The third-order valence-electron chi connectivity index (χ3n) is 5.39. The third kappa shape index (κ3) is 4.96. The first-order valence-corrected chi connectivity index (χ1v) is 11.4. The number of nitro groups is 1. The van der Waals surface area contributed by atoms with Gasteiger partial charge in [0, 0.05) is 22.2 Å². The molecule has 11 heteroatoms. The molecule has 1 heterocycles. The van der Waals surface area contributed by atoms with Gasteiger partial charge >= 0.3 is 0 Å². The zero-order valence-corrected chi connectivity index (χ0v) is 20.8. The van der Waals surface area contributed by atoms with Gasteiger partial charge in [-0.05, 0) is 71.4 Å². The average Bonchev–Trinajstić information content (AvgIpc) is 3.24. The number of rotatable bonds is 7. The number of aromatic amines is 1. The van der Waals surface area contributed by atoms with E-state index >= 15 is 0 Å². The molecular weight excluding hydrogens is 530 g/mol. The number of amides is 1. The minimum Gasteiger partial charge on any atom is -0.497 e. The van der Waals surface area contributed by atoms with E-state index in [0.29, 0.717) is 32.7 Å². The second-order valence-corrected chi connectivity index (χ2v) is 8.48. The minimum atomic E-state index is -0.514. The van der Waals surface area contributed by atoms with Crippen LogP contribution >= 0.6 is 15.9 Å². The number of nitrogens with zero attached hydrogens (tertiary/aromatic N) is 3. The van der Waals surface area contributed by atoms with Gasteiger partial charge in [-0.3, -0.25) is 24.8 Å². The Morgan fingerprint density at radius 2 is 1.75 bits per heavy atom. The fourth-order valence-corrected chi connectivity index (χ4v) is 4.01. The summed E-state index contributed by atoms with van der Waals surface area (Å²) in [6, 6.07) is 19.5. The molecule has 4 aromatic rings. The Hall–Kier alpha value is -4.51. The average molecular weight is 550 g/mol. The summed E-state index contributed by atoms with van der Waals surface area (Å²) in [6.07, 6.45) is 0. The molecule has 1 amide bonds. The van der Waals surface area contributed by atoms with Crippen molar-refractivity contribution in [1.29, 1.82) is 0 Å². The first-order chi connectivity index (χ1) is 17.3. The molecule has 0 aliphatic heterocycles. The summed E-state index contributed by atoms with van der Waals surface area (Å²) >= 11 is 3.34. The number of nitro benzene ring substituents is 1. The highest BCUT2D eigenvalue weighted by molar-refractivity contribution is 9.10. The summed E-state index contributed by atoms with van der Waals surface area (Å²) in [5.41, 5.74) is 4.38. The number of benzene rings is 3. The highest BCUT2D eigenvalue weighted by Crippen LogP contribution is 2.25. The number of hydrogen-bond donors (Lipinski definition) is 2. The predicted molar refractivity (Wildman–Crippen MR) is 139 cm³/mol. The van der Waals surface area contributed by atoms with Crippen LogP contribution in [0.5, 0.6) is 5.75 Å². The molecule has 0 spiro atoms. The molecule has 0 saturated heterocycles. The van der Waals surface area contributed by atoms with Gasteiger partial charge in [0.2, 0.25) is 0 Å². The van der Waals surface area contributed by atoms with Crippen molar-refractivity contribution in [2.24, 2.45) is 5.10 Å². The molecule has 0 aliphatic carbocycles. The molecule has 1 aromatic heterocycles. The Morgan fingerprint density at radius 3 is 2.36 bits per heavy atom. The van der Waals surface area contributed by atoms with Crippen molar-refractivity contribution in [2.45, 2.75) is 6.92 Å². The monoisotopic (exact) mass is 549 g/mol. The number of aromatic nitrogens is 2. The van der Waals surface area contributed by atoms with E-state index in [1.165, 1.54) is 28.9 Å².